The molecule has 134 valence electrons. The molecule has 2 aromatic carbocycles. The van der Waals surface area contributed by atoms with Crippen molar-refractivity contribution in [2.45, 2.75) is 11.4 Å². The lowest BCUT2D eigenvalue weighted by Crippen LogP contribution is -1.96. The molecule has 0 atom stereocenters. The molecule has 0 unspecified atom stereocenters. The Morgan fingerprint density at radius 2 is 1.62 bits per heavy atom. The van der Waals surface area contributed by atoms with Crippen LogP contribution >= 0.6 is 22.9 Å². The third-order valence-electron chi connectivity index (χ3n) is 3.27. The van der Waals surface area contributed by atoms with Crippen molar-refractivity contribution in [1.29, 1.82) is 0 Å². The van der Waals surface area contributed by atoms with E-state index in [4.69, 9.17) is 16.2 Å². The van der Waals surface area contributed by atoms with Crippen LogP contribution in [0.1, 0.15) is 4.88 Å². The highest BCUT2D eigenvalue weighted by atomic mass is 35.5. The molecule has 10 heteroatoms. The van der Waals surface area contributed by atoms with E-state index in [1.165, 1.54) is 35.6 Å². The molecule has 3 rings (SSSR count). The third kappa shape index (κ3) is 5.09. The van der Waals surface area contributed by atoms with Crippen LogP contribution in [0.3, 0.4) is 0 Å². The van der Waals surface area contributed by atoms with Crippen molar-refractivity contribution in [2.24, 2.45) is 10.2 Å². The van der Waals surface area contributed by atoms with Gasteiger partial charge in [-0.2, -0.15) is 18.6 Å². The maximum atomic E-state index is 11.0. The lowest BCUT2D eigenvalue weighted by molar-refractivity contribution is 0.483. The zero-order valence-electron chi connectivity index (χ0n) is 13.2. The number of anilines is 1. The Kier molecular flexibility index (Phi) is 5.62. The molecule has 0 aliphatic heterocycles. The summed E-state index contributed by atoms with van der Waals surface area (Å²) in [7, 11) is -4.21. The molecule has 0 saturated carbocycles. The van der Waals surface area contributed by atoms with Gasteiger partial charge < -0.3 is 5.32 Å². The van der Waals surface area contributed by atoms with Gasteiger partial charge in [0.2, 0.25) is 0 Å². The van der Waals surface area contributed by atoms with Crippen LogP contribution < -0.4 is 5.32 Å². The van der Waals surface area contributed by atoms with Gasteiger partial charge in [0.25, 0.3) is 10.1 Å². The largest absolute Gasteiger partial charge is 0.380 e. The summed E-state index contributed by atoms with van der Waals surface area (Å²) in [6.45, 7) is 0.630. The maximum absolute atomic E-state index is 11.0. The van der Waals surface area contributed by atoms with Crippen molar-refractivity contribution in [1.82, 2.24) is 4.98 Å². The first-order valence-electron chi connectivity index (χ1n) is 7.33. The summed E-state index contributed by atoms with van der Waals surface area (Å²) in [6.07, 6.45) is 1.73. The molecule has 1 aromatic heterocycles. The Labute approximate surface area is 159 Å². The molecule has 7 nitrogen and oxygen atoms in total. The van der Waals surface area contributed by atoms with Gasteiger partial charge in [-0.1, -0.05) is 11.6 Å². The second kappa shape index (κ2) is 7.92. The smallest absolute Gasteiger partial charge is 0.294 e. The number of nitrogens with zero attached hydrogens (tertiary/aromatic N) is 3. The second-order valence-electron chi connectivity index (χ2n) is 5.15. The number of halogens is 1. The summed E-state index contributed by atoms with van der Waals surface area (Å²) in [6, 6.07) is 12.8. The van der Waals surface area contributed by atoms with E-state index in [9.17, 15) is 8.42 Å². The van der Waals surface area contributed by atoms with Gasteiger partial charge in [-0.15, -0.1) is 11.3 Å². The van der Waals surface area contributed by atoms with E-state index < -0.39 is 10.1 Å². The van der Waals surface area contributed by atoms with Gasteiger partial charge in [0.1, 0.15) is 0 Å². The highest BCUT2D eigenvalue weighted by Crippen LogP contribution is 2.23. The molecule has 0 amide bonds. The number of azo groups is 1. The van der Waals surface area contributed by atoms with Gasteiger partial charge in [-0.3, -0.25) is 4.55 Å². The summed E-state index contributed by atoms with van der Waals surface area (Å²) in [5.74, 6) is 0. The van der Waals surface area contributed by atoms with Crippen molar-refractivity contribution < 1.29 is 13.0 Å². The number of hydrogen-bond donors (Lipinski definition) is 2. The molecule has 0 radical (unpaired) electrons. The van der Waals surface area contributed by atoms with Crippen LogP contribution in [-0.2, 0) is 16.7 Å². The number of thiazole rings is 1. The fraction of sp³-hybridized carbons (Fsp3) is 0.0625. The standard InChI is InChI=1S/C16H13ClN4O3S2/c17-16-19-10-14(25-16)9-18-11-1-3-12(4-2-11)20-21-13-5-7-15(8-6-13)26(22,23)24/h1-8,10,18H,9H2,(H,22,23,24). The SMILES string of the molecule is O=S(=O)(O)c1ccc(N=Nc2ccc(NCc3cnc(Cl)s3)cc2)cc1. The number of nitrogens with one attached hydrogen (secondary N) is 1. The molecule has 2 N–H and O–H groups in total. The lowest BCUT2D eigenvalue weighted by atomic mass is 10.3. The van der Waals surface area contributed by atoms with Gasteiger partial charge in [-0.05, 0) is 48.5 Å². The Bertz CT molecular complexity index is 1020. The van der Waals surface area contributed by atoms with Gasteiger partial charge in [-0.25, -0.2) is 4.98 Å². The van der Waals surface area contributed by atoms with Crippen LogP contribution in [0.25, 0.3) is 0 Å². The molecule has 0 aliphatic rings. The number of rotatable bonds is 6. The van der Waals surface area contributed by atoms with E-state index in [1.54, 1.807) is 18.3 Å². The highest BCUT2D eigenvalue weighted by molar-refractivity contribution is 7.85. The number of aromatic nitrogens is 1. The Morgan fingerprint density at radius 1 is 1.04 bits per heavy atom. The first-order valence-corrected chi connectivity index (χ1v) is 9.97. The molecular weight excluding hydrogens is 396 g/mol. The summed E-state index contributed by atoms with van der Waals surface area (Å²) >= 11 is 7.22. The average Bonchev–Trinajstić information content (AvgIpc) is 3.04. The molecule has 0 spiro atoms. The van der Waals surface area contributed by atoms with Gasteiger partial charge >= 0.3 is 0 Å². The Morgan fingerprint density at radius 3 is 2.12 bits per heavy atom. The first kappa shape index (κ1) is 18.5. The fourth-order valence-electron chi connectivity index (χ4n) is 2.00. The van der Waals surface area contributed by atoms with Gasteiger partial charge in [0, 0.05) is 16.8 Å². The Hall–Kier alpha value is -2.33. The van der Waals surface area contributed by atoms with Crippen LogP contribution in [0.4, 0.5) is 17.1 Å². The Balaban J connectivity index is 1.60. The molecule has 26 heavy (non-hydrogen) atoms. The van der Waals surface area contributed by atoms with E-state index >= 15 is 0 Å². The van der Waals surface area contributed by atoms with Gasteiger partial charge in [0.05, 0.1) is 22.8 Å². The highest BCUT2D eigenvalue weighted by Gasteiger charge is 2.08. The van der Waals surface area contributed by atoms with Crippen LogP contribution in [0.2, 0.25) is 4.47 Å². The van der Waals surface area contributed by atoms with Crippen LogP contribution in [0.5, 0.6) is 0 Å². The van der Waals surface area contributed by atoms with E-state index in [0.717, 1.165) is 10.6 Å². The molecule has 0 aliphatic carbocycles. The lowest BCUT2D eigenvalue weighted by Gasteiger charge is -2.04. The predicted octanol–water partition coefficient (Wildman–Crippen LogP) is 5.07. The van der Waals surface area contributed by atoms with Crippen LogP contribution in [-0.4, -0.2) is 18.0 Å². The molecule has 3 aromatic rings. The molecule has 0 saturated heterocycles. The molecular formula is C16H13ClN4O3S2. The quantitative estimate of drug-likeness (QED) is 0.437. The van der Waals surface area contributed by atoms with Gasteiger partial charge in [0.15, 0.2) is 4.47 Å². The van der Waals surface area contributed by atoms with Crippen molar-refractivity contribution in [3.63, 3.8) is 0 Å². The minimum Gasteiger partial charge on any atom is -0.380 e. The maximum Gasteiger partial charge on any atom is 0.294 e. The second-order valence-corrected chi connectivity index (χ2v) is 8.27. The van der Waals surface area contributed by atoms with Crippen molar-refractivity contribution in [2.75, 3.05) is 5.32 Å². The first-order chi connectivity index (χ1) is 12.4. The summed E-state index contributed by atoms with van der Waals surface area (Å²) in [4.78, 5) is 4.83. The summed E-state index contributed by atoms with van der Waals surface area (Å²) < 4.78 is 31.4. The van der Waals surface area contributed by atoms with Crippen LogP contribution in [0.15, 0.2) is 69.9 Å². The van der Waals surface area contributed by atoms with Crippen LogP contribution in [0, 0.1) is 0 Å². The predicted molar refractivity (Wildman–Crippen MR) is 101 cm³/mol. The van der Waals surface area contributed by atoms with E-state index in [2.05, 4.69) is 20.5 Å². The normalized spacial score (nSPS) is 11.8. The molecule has 0 fully saturated rings. The summed E-state index contributed by atoms with van der Waals surface area (Å²) in [5, 5.41) is 11.4. The topological polar surface area (TPSA) is 104 Å². The van der Waals surface area contributed by atoms with Crippen molar-refractivity contribution in [3.8, 4) is 0 Å². The van der Waals surface area contributed by atoms with Crippen molar-refractivity contribution in [3.05, 3.63) is 64.1 Å². The molecule has 0 bridgehead atoms. The zero-order chi connectivity index (χ0) is 18.6. The van der Waals surface area contributed by atoms with Crippen molar-refractivity contribution >= 4 is 50.1 Å². The minimum atomic E-state index is -4.21. The van der Waals surface area contributed by atoms with E-state index in [0.29, 0.717) is 22.4 Å². The fourth-order valence-corrected chi connectivity index (χ4v) is 3.40. The summed E-state index contributed by atoms with van der Waals surface area (Å²) in [5.41, 5.74) is 2.04. The third-order valence-corrected chi connectivity index (χ3v) is 5.26. The number of benzene rings is 2. The van der Waals surface area contributed by atoms with E-state index in [-0.39, 0.29) is 4.90 Å². The zero-order valence-corrected chi connectivity index (χ0v) is 15.6. The monoisotopic (exact) mass is 408 g/mol. The van der Waals surface area contributed by atoms with E-state index in [1.807, 2.05) is 12.1 Å². The minimum absolute atomic E-state index is 0.186. The average molecular weight is 409 g/mol. The number of hydrogen-bond acceptors (Lipinski definition) is 7. The molecule has 1 heterocycles.